The Hall–Kier alpha value is -3.29. The molecule has 144 valence electrons. The molecule has 0 bridgehead atoms. The lowest BCUT2D eigenvalue weighted by Gasteiger charge is -2.31. The van der Waals surface area contributed by atoms with E-state index in [-0.39, 0.29) is 17.8 Å². The molecule has 0 aliphatic carbocycles. The van der Waals surface area contributed by atoms with Gasteiger partial charge in [0.25, 0.3) is 0 Å². The molecule has 1 atom stereocenters. The lowest BCUT2D eigenvalue weighted by molar-refractivity contribution is 0.184. The summed E-state index contributed by atoms with van der Waals surface area (Å²) in [5.74, 6) is 0.000766. The Morgan fingerprint density at radius 1 is 1.14 bits per heavy atom. The minimum Gasteiger partial charge on any atom is -0.339 e. The zero-order valence-electron chi connectivity index (χ0n) is 14.9. The van der Waals surface area contributed by atoms with Crippen molar-refractivity contribution in [1.82, 2.24) is 15.0 Å². The molecule has 1 aromatic heterocycles. The maximum Gasteiger partial charge on any atom is 0.321 e. The lowest BCUT2D eigenvalue weighted by Crippen LogP contribution is -2.41. The molecule has 28 heavy (non-hydrogen) atoms. The van der Waals surface area contributed by atoms with Gasteiger partial charge in [0, 0.05) is 24.3 Å². The van der Waals surface area contributed by atoms with Gasteiger partial charge in [0.15, 0.2) is 0 Å². The summed E-state index contributed by atoms with van der Waals surface area (Å²) in [6, 6.07) is 11.3. The van der Waals surface area contributed by atoms with Crippen molar-refractivity contribution in [2.24, 2.45) is 0 Å². The average molecular weight is 384 g/mol. The smallest absolute Gasteiger partial charge is 0.321 e. The first kappa shape index (κ1) is 18.1. The van der Waals surface area contributed by atoms with Crippen LogP contribution in [0.15, 0.2) is 53.1 Å². The number of halogens is 2. The van der Waals surface area contributed by atoms with Crippen molar-refractivity contribution in [3.05, 3.63) is 66.1 Å². The number of amides is 2. The molecule has 2 aromatic carbocycles. The highest BCUT2D eigenvalue weighted by molar-refractivity contribution is 5.89. The predicted molar refractivity (Wildman–Crippen MR) is 98.7 cm³/mol. The van der Waals surface area contributed by atoms with Crippen molar-refractivity contribution in [1.29, 1.82) is 0 Å². The number of hydrogen-bond donors (Lipinski definition) is 1. The van der Waals surface area contributed by atoms with E-state index in [1.54, 1.807) is 29.2 Å². The third-order valence-electron chi connectivity index (χ3n) is 4.68. The molecule has 0 unspecified atom stereocenters. The number of nitrogens with zero attached hydrogens (tertiary/aromatic N) is 3. The summed E-state index contributed by atoms with van der Waals surface area (Å²) in [6.07, 6.45) is 1.60. The zero-order chi connectivity index (χ0) is 19.5. The van der Waals surface area contributed by atoms with Gasteiger partial charge >= 0.3 is 6.03 Å². The number of nitrogens with one attached hydrogen (secondary N) is 1. The van der Waals surface area contributed by atoms with Crippen LogP contribution in [0.3, 0.4) is 0 Å². The second-order valence-electron chi connectivity index (χ2n) is 6.69. The van der Waals surface area contributed by atoms with Crippen molar-refractivity contribution in [3.63, 3.8) is 0 Å². The molecule has 4 rings (SSSR count). The molecule has 1 N–H and O–H groups in total. The van der Waals surface area contributed by atoms with Crippen molar-refractivity contribution in [3.8, 4) is 11.4 Å². The van der Waals surface area contributed by atoms with E-state index in [9.17, 15) is 13.6 Å². The Kier molecular flexibility index (Phi) is 5.01. The number of hydrogen-bond acceptors (Lipinski definition) is 4. The van der Waals surface area contributed by atoms with Crippen molar-refractivity contribution in [2.45, 2.75) is 18.8 Å². The summed E-state index contributed by atoms with van der Waals surface area (Å²) < 4.78 is 31.7. The number of benzene rings is 2. The third kappa shape index (κ3) is 4.00. The van der Waals surface area contributed by atoms with Gasteiger partial charge in [-0.1, -0.05) is 11.2 Å². The Morgan fingerprint density at radius 3 is 2.75 bits per heavy atom. The monoisotopic (exact) mass is 384 g/mol. The van der Waals surface area contributed by atoms with Crippen LogP contribution in [0.4, 0.5) is 19.3 Å². The molecular formula is C20H18F2N4O2. The highest BCUT2D eigenvalue weighted by atomic mass is 19.1. The molecule has 0 radical (unpaired) electrons. The fraction of sp³-hybridized carbons (Fsp3) is 0.250. The van der Waals surface area contributed by atoms with Crippen LogP contribution in [0.25, 0.3) is 11.4 Å². The van der Waals surface area contributed by atoms with Crippen LogP contribution in [0.1, 0.15) is 24.7 Å². The van der Waals surface area contributed by atoms with E-state index in [1.165, 1.54) is 24.3 Å². The first-order valence-electron chi connectivity index (χ1n) is 8.99. The van der Waals surface area contributed by atoms with Gasteiger partial charge in [-0.15, -0.1) is 0 Å². The second-order valence-corrected chi connectivity index (χ2v) is 6.69. The minimum atomic E-state index is -0.409. The zero-order valence-corrected chi connectivity index (χ0v) is 14.9. The Bertz CT molecular complexity index is 974. The molecule has 2 heterocycles. The summed E-state index contributed by atoms with van der Waals surface area (Å²) in [4.78, 5) is 18.6. The normalized spacial score (nSPS) is 16.8. The number of rotatable bonds is 3. The van der Waals surface area contributed by atoms with Gasteiger partial charge < -0.3 is 14.7 Å². The molecule has 8 heteroatoms. The SMILES string of the molecule is O=C(Nc1cccc(F)c1)N1CCC[C@@H](c2nc(-c3ccc(F)cc3)no2)C1. The van der Waals surface area contributed by atoms with E-state index in [0.29, 0.717) is 36.1 Å². The highest BCUT2D eigenvalue weighted by Crippen LogP contribution is 2.28. The summed E-state index contributed by atoms with van der Waals surface area (Å²) in [6.45, 7) is 1.02. The molecule has 6 nitrogen and oxygen atoms in total. The van der Waals surface area contributed by atoms with E-state index >= 15 is 0 Å². The number of aromatic nitrogens is 2. The number of carbonyl (C=O) groups excluding carboxylic acids is 1. The van der Waals surface area contributed by atoms with Crippen LogP contribution < -0.4 is 5.32 Å². The summed E-state index contributed by atoms with van der Waals surface area (Å²) in [7, 11) is 0. The maximum atomic E-state index is 13.3. The van der Waals surface area contributed by atoms with E-state index in [0.717, 1.165) is 12.8 Å². The molecular weight excluding hydrogens is 366 g/mol. The Balaban J connectivity index is 1.43. The number of anilines is 1. The van der Waals surface area contributed by atoms with Gasteiger partial charge in [0.2, 0.25) is 11.7 Å². The van der Waals surface area contributed by atoms with E-state index in [2.05, 4.69) is 15.5 Å². The fourth-order valence-electron chi connectivity index (χ4n) is 3.25. The molecule has 1 saturated heterocycles. The van der Waals surface area contributed by atoms with E-state index in [1.807, 2.05) is 0 Å². The van der Waals surface area contributed by atoms with Crippen molar-refractivity contribution >= 4 is 11.7 Å². The summed E-state index contributed by atoms with van der Waals surface area (Å²) >= 11 is 0. The standard InChI is InChI=1S/C20H18F2N4O2/c21-15-8-6-13(7-9-15)18-24-19(28-25-18)14-3-2-10-26(12-14)20(27)23-17-5-1-4-16(22)11-17/h1,4-9,11,14H,2-3,10,12H2,(H,23,27)/t14-/m1/s1. The topological polar surface area (TPSA) is 71.3 Å². The van der Waals surface area contributed by atoms with Crippen molar-refractivity contribution in [2.75, 3.05) is 18.4 Å². The van der Waals surface area contributed by atoms with Gasteiger partial charge in [-0.05, 0) is 55.3 Å². The van der Waals surface area contributed by atoms with Crippen LogP contribution in [0.2, 0.25) is 0 Å². The minimum absolute atomic E-state index is 0.0892. The molecule has 1 aliphatic rings. The summed E-state index contributed by atoms with van der Waals surface area (Å²) in [5, 5.41) is 6.67. The lowest BCUT2D eigenvalue weighted by atomic mass is 9.98. The average Bonchev–Trinajstić information content (AvgIpc) is 3.19. The van der Waals surface area contributed by atoms with Gasteiger partial charge in [0.05, 0.1) is 5.92 Å². The van der Waals surface area contributed by atoms with E-state index in [4.69, 9.17) is 4.52 Å². The Labute approximate surface area is 160 Å². The molecule has 2 amide bonds. The highest BCUT2D eigenvalue weighted by Gasteiger charge is 2.28. The number of carbonyl (C=O) groups is 1. The molecule has 1 fully saturated rings. The van der Waals surface area contributed by atoms with Crippen molar-refractivity contribution < 1.29 is 18.1 Å². The Morgan fingerprint density at radius 2 is 1.96 bits per heavy atom. The maximum absolute atomic E-state index is 13.3. The first-order chi connectivity index (χ1) is 13.6. The second kappa shape index (κ2) is 7.75. The predicted octanol–water partition coefficient (Wildman–Crippen LogP) is 4.43. The van der Waals surface area contributed by atoms with Gasteiger partial charge in [-0.25, -0.2) is 13.6 Å². The van der Waals surface area contributed by atoms with E-state index < -0.39 is 5.82 Å². The van der Waals surface area contributed by atoms with Gasteiger partial charge in [-0.2, -0.15) is 4.98 Å². The quantitative estimate of drug-likeness (QED) is 0.725. The molecule has 3 aromatic rings. The van der Waals surface area contributed by atoms with Crippen LogP contribution in [-0.2, 0) is 0 Å². The number of urea groups is 1. The molecule has 1 aliphatic heterocycles. The largest absolute Gasteiger partial charge is 0.339 e. The number of piperidine rings is 1. The van der Waals surface area contributed by atoms with Crippen LogP contribution in [-0.4, -0.2) is 34.2 Å². The number of likely N-dealkylation sites (tertiary alicyclic amines) is 1. The first-order valence-corrected chi connectivity index (χ1v) is 8.99. The summed E-state index contributed by atoms with van der Waals surface area (Å²) in [5.41, 5.74) is 1.07. The van der Waals surface area contributed by atoms with Gasteiger partial charge in [0.1, 0.15) is 11.6 Å². The molecule has 0 saturated carbocycles. The van der Waals surface area contributed by atoms with Crippen LogP contribution in [0.5, 0.6) is 0 Å². The van der Waals surface area contributed by atoms with Gasteiger partial charge in [-0.3, -0.25) is 0 Å². The van der Waals surface area contributed by atoms with Crippen LogP contribution >= 0.6 is 0 Å². The fourth-order valence-corrected chi connectivity index (χ4v) is 3.25. The van der Waals surface area contributed by atoms with Crippen LogP contribution in [0, 0.1) is 11.6 Å². The third-order valence-corrected chi connectivity index (χ3v) is 4.68. The molecule has 0 spiro atoms.